The summed E-state index contributed by atoms with van der Waals surface area (Å²) in [5.41, 5.74) is 4.15. The lowest BCUT2D eigenvalue weighted by Crippen LogP contribution is -2.44. The number of hydrogen-bond acceptors (Lipinski definition) is 4. The molecule has 2 aromatic carbocycles. The zero-order valence-electron chi connectivity index (χ0n) is 17.2. The molecule has 5 heteroatoms. The highest BCUT2D eigenvalue weighted by Gasteiger charge is 2.38. The van der Waals surface area contributed by atoms with E-state index in [1.54, 1.807) is 0 Å². The van der Waals surface area contributed by atoms with E-state index in [-0.39, 0.29) is 18.5 Å². The van der Waals surface area contributed by atoms with Crippen LogP contribution in [0.5, 0.6) is 0 Å². The Morgan fingerprint density at radius 2 is 1.59 bits per heavy atom. The van der Waals surface area contributed by atoms with Crippen molar-refractivity contribution >= 4 is 12.1 Å². The molecule has 1 amide bonds. The van der Waals surface area contributed by atoms with Gasteiger partial charge in [0.05, 0.1) is 0 Å². The monoisotopic (exact) mass is 393 g/mol. The molecule has 0 unspecified atom stereocenters. The Morgan fingerprint density at radius 3 is 2.17 bits per heavy atom. The summed E-state index contributed by atoms with van der Waals surface area (Å²) >= 11 is 0. The van der Waals surface area contributed by atoms with Crippen molar-refractivity contribution in [2.24, 2.45) is 0 Å². The summed E-state index contributed by atoms with van der Waals surface area (Å²) in [6.45, 7) is 6.26. The molecule has 1 saturated heterocycles. The number of likely N-dealkylation sites (tertiary alicyclic amines) is 1. The second kappa shape index (κ2) is 7.54. The standard InChI is InChI=1S/C24H27NO4/c1-24(2,3)29-22(26)21-13-8-14-25(21)23(27)28-15-20-18-11-6-4-9-16(18)17-10-5-7-12-19(17)20/h4-7,9-12,20-21H,8,13-15H2,1-3H3/t21-/m1/s1. The summed E-state index contributed by atoms with van der Waals surface area (Å²) in [6.07, 6.45) is 0.938. The predicted octanol–water partition coefficient (Wildman–Crippen LogP) is 4.74. The summed E-state index contributed by atoms with van der Waals surface area (Å²) < 4.78 is 11.2. The normalized spacial score (nSPS) is 18.3. The van der Waals surface area contributed by atoms with Gasteiger partial charge in [-0.1, -0.05) is 48.5 Å². The van der Waals surface area contributed by atoms with Gasteiger partial charge in [0.1, 0.15) is 18.2 Å². The largest absolute Gasteiger partial charge is 0.458 e. The predicted molar refractivity (Wildman–Crippen MR) is 111 cm³/mol. The van der Waals surface area contributed by atoms with Gasteiger partial charge in [-0.2, -0.15) is 0 Å². The van der Waals surface area contributed by atoms with E-state index in [2.05, 4.69) is 24.3 Å². The third-order valence-corrected chi connectivity index (χ3v) is 5.50. The van der Waals surface area contributed by atoms with E-state index < -0.39 is 17.7 Å². The molecule has 0 N–H and O–H groups in total. The highest BCUT2D eigenvalue weighted by molar-refractivity contribution is 5.83. The smallest absolute Gasteiger partial charge is 0.410 e. The van der Waals surface area contributed by atoms with E-state index in [4.69, 9.17) is 9.47 Å². The number of amides is 1. The lowest BCUT2D eigenvalue weighted by molar-refractivity contribution is -0.159. The summed E-state index contributed by atoms with van der Waals surface area (Å²) in [7, 11) is 0. The Balaban J connectivity index is 1.47. The average molecular weight is 393 g/mol. The molecule has 2 aliphatic rings. The molecule has 1 aliphatic heterocycles. The Bertz CT molecular complexity index is 885. The van der Waals surface area contributed by atoms with Gasteiger partial charge in [0, 0.05) is 12.5 Å². The highest BCUT2D eigenvalue weighted by Crippen LogP contribution is 2.44. The minimum absolute atomic E-state index is 0.00827. The first kappa shape index (κ1) is 19.5. The second-order valence-corrected chi connectivity index (χ2v) is 8.69. The van der Waals surface area contributed by atoms with Crippen LogP contribution >= 0.6 is 0 Å². The van der Waals surface area contributed by atoms with Crippen LogP contribution in [-0.2, 0) is 14.3 Å². The molecule has 5 nitrogen and oxygen atoms in total. The maximum absolute atomic E-state index is 12.8. The molecule has 1 heterocycles. The summed E-state index contributed by atoms with van der Waals surface area (Å²) in [6, 6.07) is 15.9. The molecule has 0 spiro atoms. The van der Waals surface area contributed by atoms with E-state index in [0.29, 0.717) is 13.0 Å². The molecule has 2 aromatic rings. The van der Waals surface area contributed by atoms with Crippen LogP contribution in [0.4, 0.5) is 4.79 Å². The summed E-state index contributed by atoms with van der Waals surface area (Å²) in [5.74, 6) is -0.350. The Labute approximate surface area is 171 Å². The van der Waals surface area contributed by atoms with Crippen LogP contribution in [0.15, 0.2) is 48.5 Å². The molecule has 4 rings (SSSR count). The van der Waals surface area contributed by atoms with Crippen molar-refractivity contribution in [2.75, 3.05) is 13.2 Å². The lowest BCUT2D eigenvalue weighted by atomic mass is 9.98. The van der Waals surface area contributed by atoms with Crippen LogP contribution in [0.1, 0.15) is 50.7 Å². The fourth-order valence-corrected chi connectivity index (χ4v) is 4.28. The number of fused-ring (bicyclic) bond motifs is 3. The second-order valence-electron chi connectivity index (χ2n) is 8.69. The lowest BCUT2D eigenvalue weighted by Gasteiger charge is -2.27. The van der Waals surface area contributed by atoms with E-state index in [0.717, 1.165) is 6.42 Å². The summed E-state index contributed by atoms with van der Waals surface area (Å²) in [4.78, 5) is 26.8. The quantitative estimate of drug-likeness (QED) is 0.707. The van der Waals surface area contributed by atoms with E-state index in [1.165, 1.54) is 27.2 Å². The number of carbonyl (C=O) groups is 2. The zero-order valence-corrected chi connectivity index (χ0v) is 17.2. The van der Waals surface area contributed by atoms with Crippen molar-refractivity contribution in [3.8, 4) is 11.1 Å². The third kappa shape index (κ3) is 3.86. The maximum Gasteiger partial charge on any atom is 0.410 e. The van der Waals surface area contributed by atoms with Gasteiger partial charge in [0.15, 0.2) is 0 Å². The fraction of sp³-hybridized carbons (Fsp3) is 0.417. The van der Waals surface area contributed by atoms with Crippen molar-refractivity contribution in [1.82, 2.24) is 4.90 Å². The Morgan fingerprint density at radius 1 is 1.00 bits per heavy atom. The van der Waals surface area contributed by atoms with Gasteiger partial charge < -0.3 is 9.47 Å². The molecule has 1 aliphatic carbocycles. The van der Waals surface area contributed by atoms with Gasteiger partial charge in [-0.25, -0.2) is 9.59 Å². The van der Waals surface area contributed by atoms with Crippen LogP contribution in [0.3, 0.4) is 0 Å². The van der Waals surface area contributed by atoms with Crippen molar-refractivity contribution < 1.29 is 19.1 Å². The van der Waals surface area contributed by atoms with Gasteiger partial charge in [-0.05, 0) is 55.9 Å². The van der Waals surface area contributed by atoms with Gasteiger partial charge in [0.25, 0.3) is 0 Å². The van der Waals surface area contributed by atoms with E-state index in [9.17, 15) is 9.59 Å². The summed E-state index contributed by atoms with van der Waals surface area (Å²) in [5, 5.41) is 0. The Hall–Kier alpha value is -2.82. The molecule has 0 radical (unpaired) electrons. The van der Waals surface area contributed by atoms with Crippen LogP contribution in [0.2, 0.25) is 0 Å². The molecule has 0 saturated carbocycles. The number of ether oxygens (including phenoxy) is 2. The Kier molecular flexibility index (Phi) is 5.07. The molecular formula is C24H27NO4. The number of esters is 1. The van der Waals surface area contributed by atoms with Gasteiger partial charge >= 0.3 is 12.1 Å². The molecule has 152 valence electrons. The van der Waals surface area contributed by atoms with Crippen molar-refractivity contribution in [2.45, 2.75) is 51.2 Å². The first-order chi connectivity index (χ1) is 13.8. The van der Waals surface area contributed by atoms with Crippen molar-refractivity contribution in [3.05, 3.63) is 59.7 Å². The minimum Gasteiger partial charge on any atom is -0.458 e. The van der Waals surface area contributed by atoms with Gasteiger partial charge in [0.2, 0.25) is 0 Å². The molecule has 0 aromatic heterocycles. The van der Waals surface area contributed by atoms with Gasteiger partial charge in [-0.3, -0.25) is 4.90 Å². The molecule has 1 fully saturated rings. The minimum atomic E-state index is -0.577. The van der Waals surface area contributed by atoms with E-state index >= 15 is 0 Å². The number of benzene rings is 2. The van der Waals surface area contributed by atoms with Crippen molar-refractivity contribution in [1.29, 1.82) is 0 Å². The van der Waals surface area contributed by atoms with Crippen LogP contribution in [-0.4, -0.2) is 41.8 Å². The zero-order chi connectivity index (χ0) is 20.6. The van der Waals surface area contributed by atoms with Crippen LogP contribution in [0, 0.1) is 0 Å². The van der Waals surface area contributed by atoms with Gasteiger partial charge in [-0.15, -0.1) is 0 Å². The highest BCUT2D eigenvalue weighted by atomic mass is 16.6. The SMILES string of the molecule is CC(C)(C)OC(=O)[C@H]1CCCN1C(=O)OCC1c2ccccc2-c2ccccc21. The van der Waals surface area contributed by atoms with Crippen LogP contribution < -0.4 is 0 Å². The number of carbonyl (C=O) groups excluding carboxylic acids is 2. The number of nitrogens with zero attached hydrogens (tertiary/aromatic N) is 1. The molecular weight excluding hydrogens is 366 g/mol. The van der Waals surface area contributed by atoms with E-state index in [1.807, 2.05) is 45.0 Å². The maximum atomic E-state index is 12.8. The molecule has 0 bridgehead atoms. The fourth-order valence-electron chi connectivity index (χ4n) is 4.28. The van der Waals surface area contributed by atoms with Crippen LogP contribution in [0.25, 0.3) is 11.1 Å². The average Bonchev–Trinajstić information content (AvgIpc) is 3.28. The number of rotatable bonds is 3. The molecule has 29 heavy (non-hydrogen) atoms. The van der Waals surface area contributed by atoms with Crippen molar-refractivity contribution in [3.63, 3.8) is 0 Å². The first-order valence-electron chi connectivity index (χ1n) is 10.2. The topological polar surface area (TPSA) is 55.8 Å². The molecule has 1 atom stereocenters. The first-order valence-corrected chi connectivity index (χ1v) is 10.2. The third-order valence-electron chi connectivity index (χ3n) is 5.50. The number of hydrogen-bond donors (Lipinski definition) is 0.